The molecule has 0 spiro atoms. The first kappa shape index (κ1) is 14.3. The first-order valence-corrected chi connectivity index (χ1v) is 6.77. The molecule has 0 heterocycles. The summed E-state index contributed by atoms with van der Waals surface area (Å²) >= 11 is 15.9. The Morgan fingerprint density at radius 3 is 2.21 bits per heavy atom. The zero-order chi connectivity index (χ0) is 13.8. The maximum atomic E-state index is 11.9. The van der Waals surface area contributed by atoms with E-state index >= 15 is 0 Å². The molecular formula is C14H11Cl2NOS. The fraction of sp³-hybridized carbons (Fsp3) is 0.0714. The molecule has 0 aliphatic rings. The molecule has 0 fully saturated rings. The maximum absolute atomic E-state index is 11.9. The Bertz CT molecular complexity index is 579. The minimum atomic E-state index is -0.120. The molecule has 0 unspecified atom stereocenters. The van der Waals surface area contributed by atoms with Crippen molar-refractivity contribution in [3.63, 3.8) is 0 Å². The predicted octanol–water partition coefficient (Wildman–Crippen LogP) is 4.46. The zero-order valence-electron chi connectivity index (χ0n) is 9.86. The summed E-state index contributed by atoms with van der Waals surface area (Å²) in [6, 6.07) is 12.4. The van der Waals surface area contributed by atoms with Gasteiger partial charge < -0.3 is 5.32 Å². The van der Waals surface area contributed by atoms with Crippen LogP contribution in [0.1, 0.15) is 5.56 Å². The highest BCUT2D eigenvalue weighted by atomic mass is 35.5. The van der Waals surface area contributed by atoms with E-state index in [1.807, 2.05) is 24.3 Å². The number of thiol groups is 1. The topological polar surface area (TPSA) is 29.1 Å². The van der Waals surface area contributed by atoms with Crippen molar-refractivity contribution in [2.75, 3.05) is 5.32 Å². The van der Waals surface area contributed by atoms with Gasteiger partial charge in [-0.2, -0.15) is 0 Å². The van der Waals surface area contributed by atoms with Gasteiger partial charge >= 0.3 is 0 Å². The Morgan fingerprint density at radius 1 is 1.05 bits per heavy atom. The van der Waals surface area contributed by atoms with E-state index < -0.39 is 0 Å². The molecule has 0 aliphatic carbocycles. The van der Waals surface area contributed by atoms with Crippen molar-refractivity contribution in [2.24, 2.45) is 0 Å². The van der Waals surface area contributed by atoms with Crippen LogP contribution < -0.4 is 5.32 Å². The average Bonchev–Trinajstić information content (AvgIpc) is 2.30. The van der Waals surface area contributed by atoms with E-state index in [4.69, 9.17) is 23.2 Å². The molecule has 2 rings (SSSR count). The van der Waals surface area contributed by atoms with E-state index in [-0.39, 0.29) is 12.3 Å². The molecule has 0 saturated heterocycles. The van der Waals surface area contributed by atoms with Crippen LogP contribution in [0.3, 0.4) is 0 Å². The summed E-state index contributed by atoms with van der Waals surface area (Å²) in [6.45, 7) is 0. The number of nitrogens with one attached hydrogen (secondary N) is 1. The molecular weight excluding hydrogens is 301 g/mol. The number of rotatable bonds is 3. The summed E-state index contributed by atoms with van der Waals surface area (Å²) in [5.74, 6) is -0.120. The molecule has 5 heteroatoms. The van der Waals surface area contributed by atoms with Gasteiger partial charge in [-0.25, -0.2) is 0 Å². The standard InChI is InChI=1S/C14H11Cl2NOS/c15-10-6-11(16)8-12(7-10)17-14(18)5-9-1-3-13(19)4-2-9/h1-4,6-8,19H,5H2,(H,17,18). The Hall–Kier alpha value is -1.16. The third-order valence-corrected chi connectivity index (χ3v) is 3.18. The van der Waals surface area contributed by atoms with Crippen molar-refractivity contribution < 1.29 is 4.79 Å². The zero-order valence-corrected chi connectivity index (χ0v) is 12.3. The van der Waals surface area contributed by atoms with E-state index in [1.165, 1.54) is 0 Å². The van der Waals surface area contributed by atoms with E-state index in [1.54, 1.807) is 18.2 Å². The molecule has 0 atom stereocenters. The lowest BCUT2D eigenvalue weighted by Gasteiger charge is -2.06. The lowest BCUT2D eigenvalue weighted by Crippen LogP contribution is -2.14. The number of halogens is 2. The van der Waals surface area contributed by atoms with E-state index in [0.717, 1.165) is 10.5 Å². The second-order valence-corrected chi connectivity index (χ2v) is 5.44. The molecule has 0 bridgehead atoms. The van der Waals surface area contributed by atoms with Crippen molar-refractivity contribution in [3.05, 3.63) is 58.1 Å². The van der Waals surface area contributed by atoms with Gasteiger partial charge in [0.15, 0.2) is 0 Å². The van der Waals surface area contributed by atoms with Crippen LogP contribution in [0.15, 0.2) is 47.4 Å². The molecule has 2 aromatic carbocycles. The number of carbonyl (C=O) groups is 1. The molecule has 1 amide bonds. The molecule has 2 nitrogen and oxygen atoms in total. The van der Waals surface area contributed by atoms with Gasteiger partial charge in [-0.3, -0.25) is 4.79 Å². The lowest BCUT2D eigenvalue weighted by atomic mass is 10.1. The van der Waals surface area contributed by atoms with Gasteiger partial charge in [0.05, 0.1) is 6.42 Å². The Balaban J connectivity index is 2.03. The highest BCUT2D eigenvalue weighted by Crippen LogP contribution is 2.22. The van der Waals surface area contributed by atoms with Gasteiger partial charge in [-0.15, -0.1) is 12.6 Å². The van der Waals surface area contributed by atoms with Gasteiger partial charge in [0, 0.05) is 20.6 Å². The normalized spacial score (nSPS) is 10.3. The smallest absolute Gasteiger partial charge is 0.228 e. The van der Waals surface area contributed by atoms with Gasteiger partial charge in [-0.1, -0.05) is 35.3 Å². The monoisotopic (exact) mass is 311 g/mol. The number of anilines is 1. The quantitative estimate of drug-likeness (QED) is 0.805. The molecule has 19 heavy (non-hydrogen) atoms. The molecule has 0 saturated carbocycles. The predicted molar refractivity (Wildman–Crippen MR) is 82.5 cm³/mol. The number of benzene rings is 2. The molecule has 0 aromatic heterocycles. The van der Waals surface area contributed by atoms with E-state index in [0.29, 0.717) is 15.7 Å². The highest BCUT2D eigenvalue weighted by molar-refractivity contribution is 7.80. The summed E-state index contributed by atoms with van der Waals surface area (Å²) in [6.07, 6.45) is 0.290. The maximum Gasteiger partial charge on any atom is 0.228 e. The van der Waals surface area contributed by atoms with Crippen molar-refractivity contribution in [1.29, 1.82) is 0 Å². The third kappa shape index (κ3) is 4.46. The van der Waals surface area contributed by atoms with E-state index in [9.17, 15) is 4.79 Å². The molecule has 0 radical (unpaired) electrons. The van der Waals surface area contributed by atoms with Crippen LogP contribution in [0.2, 0.25) is 10.0 Å². The fourth-order valence-electron chi connectivity index (χ4n) is 1.63. The first-order chi connectivity index (χ1) is 9.02. The SMILES string of the molecule is O=C(Cc1ccc(S)cc1)Nc1cc(Cl)cc(Cl)c1. The Labute approximate surface area is 127 Å². The molecule has 98 valence electrons. The summed E-state index contributed by atoms with van der Waals surface area (Å²) in [5.41, 5.74) is 1.51. The second kappa shape index (κ2) is 6.33. The fourth-order valence-corrected chi connectivity index (χ4v) is 2.31. The van der Waals surface area contributed by atoms with Gasteiger partial charge in [-0.05, 0) is 35.9 Å². The van der Waals surface area contributed by atoms with Crippen LogP contribution in [0, 0.1) is 0 Å². The Kier molecular flexibility index (Phi) is 4.75. The summed E-state index contributed by atoms with van der Waals surface area (Å²) in [7, 11) is 0. The van der Waals surface area contributed by atoms with Crippen molar-refractivity contribution >= 4 is 47.4 Å². The van der Waals surface area contributed by atoms with Gasteiger partial charge in [0.1, 0.15) is 0 Å². The molecule has 2 aromatic rings. The van der Waals surface area contributed by atoms with Crippen molar-refractivity contribution in [2.45, 2.75) is 11.3 Å². The number of hydrogen-bond acceptors (Lipinski definition) is 2. The van der Waals surface area contributed by atoms with Crippen molar-refractivity contribution in [1.82, 2.24) is 0 Å². The highest BCUT2D eigenvalue weighted by Gasteiger charge is 2.05. The van der Waals surface area contributed by atoms with Crippen LogP contribution in [-0.4, -0.2) is 5.91 Å². The first-order valence-electron chi connectivity index (χ1n) is 5.57. The van der Waals surface area contributed by atoms with Crippen LogP contribution in [-0.2, 0) is 11.2 Å². The summed E-state index contributed by atoms with van der Waals surface area (Å²) < 4.78 is 0. The number of hydrogen-bond donors (Lipinski definition) is 2. The summed E-state index contributed by atoms with van der Waals surface area (Å²) in [4.78, 5) is 12.7. The van der Waals surface area contributed by atoms with Crippen LogP contribution in [0.25, 0.3) is 0 Å². The lowest BCUT2D eigenvalue weighted by molar-refractivity contribution is -0.115. The number of amides is 1. The van der Waals surface area contributed by atoms with Crippen LogP contribution in [0.4, 0.5) is 5.69 Å². The summed E-state index contributed by atoms with van der Waals surface area (Å²) in [5, 5.41) is 3.74. The third-order valence-electron chi connectivity index (χ3n) is 2.45. The second-order valence-electron chi connectivity index (χ2n) is 4.05. The van der Waals surface area contributed by atoms with Gasteiger partial charge in [0.25, 0.3) is 0 Å². The van der Waals surface area contributed by atoms with Crippen molar-refractivity contribution in [3.8, 4) is 0 Å². The number of carbonyl (C=O) groups excluding carboxylic acids is 1. The van der Waals surface area contributed by atoms with Crippen LogP contribution >= 0.6 is 35.8 Å². The molecule has 1 N–H and O–H groups in total. The average molecular weight is 312 g/mol. The van der Waals surface area contributed by atoms with Crippen LogP contribution in [0.5, 0.6) is 0 Å². The largest absolute Gasteiger partial charge is 0.326 e. The minimum Gasteiger partial charge on any atom is -0.326 e. The Morgan fingerprint density at radius 2 is 1.63 bits per heavy atom. The molecule has 0 aliphatic heterocycles. The van der Waals surface area contributed by atoms with E-state index in [2.05, 4.69) is 17.9 Å². The van der Waals surface area contributed by atoms with Gasteiger partial charge in [0.2, 0.25) is 5.91 Å². The minimum absolute atomic E-state index is 0.120.